The van der Waals surface area contributed by atoms with Gasteiger partial charge in [0.1, 0.15) is 0 Å². The molecule has 0 bridgehead atoms. The molecule has 78 valence electrons. The van der Waals surface area contributed by atoms with Crippen molar-refractivity contribution in [3.05, 3.63) is 23.3 Å². The molecular weight excluding hydrogens is 184 g/mol. The van der Waals surface area contributed by atoms with Gasteiger partial charge in [0.05, 0.1) is 0 Å². The zero-order chi connectivity index (χ0) is 11.1. The first kappa shape index (κ1) is 12.4. The van der Waals surface area contributed by atoms with E-state index in [2.05, 4.69) is 0 Å². The van der Waals surface area contributed by atoms with Gasteiger partial charge in [0.15, 0.2) is 0 Å². The lowest BCUT2D eigenvalue weighted by molar-refractivity contribution is -0.132. The highest BCUT2D eigenvalue weighted by Crippen LogP contribution is 2.15. The van der Waals surface area contributed by atoms with Crippen molar-refractivity contribution in [1.29, 1.82) is 0 Å². The van der Waals surface area contributed by atoms with Gasteiger partial charge in [-0.05, 0) is 24.5 Å². The number of hydrogen-bond donors (Lipinski definition) is 2. The standard InChI is InChI=1S/C10H14O4/c1-3-4-8(6-10(13)14)7(2)5-9(11)12/h5-6H,3-4H2,1-2H3,(H,11,12)(H,13,14). The van der Waals surface area contributed by atoms with Crippen LogP contribution >= 0.6 is 0 Å². The Morgan fingerprint density at radius 1 is 1.14 bits per heavy atom. The summed E-state index contributed by atoms with van der Waals surface area (Å²) < 4.78 is 0. The highest BCUT2D eigenvalue weighted by Gasteiger charge is 2.03. The van der Waals surface area contributed by atoms with E-state index in [1.807, 2.05) is 6.92 Å². The van der Waals surface area contributed by atoms with Crippen LogP contribution in [0.3, 0.4) is 0 Å². The summed E-state index contributed by atoms with van der Waals surface area (Å²) in [5.41, 5.74) is 1.05. The smallest absolute Gasteiger partial charge is 0.328 e. The van der Waals surface area contributed by atoms with Crippen LogP contribution in [0.4, 0.5) is 0 Å². The second-order valence-corrected chi connectivity index (χ2v) is 2.92. The lowest BCUT2D eigenvalue weighted by Crippen LogP contribution is -1.97. The Morgan fingerprint density at radius 3 is 2.00 bits per heavy atom. The fourth-order valence-electron chi connectivity index (χ4n) is 1.08. The van der Waals surface area contributed by atoms with Crippen molar-refractivity contribution >= 4 is 11.9 Å². The van der Waals surface area contributed by atoms with Crippen LogP contribution in [-0.4, -0.2) is 22.2 Å². The van der Waals surface area contributed by atoms with Gasteiger partial charge in [-0.15, -0.1) is 0 Å². The van der Waals surface area contributed by atoms with E-state index in [4.69, 9.17) is 10.2 Å². The minimum Gasteiger partial charge on any atom is -0.478 e. The van der Waals surface area contributed by atoms with Gasteiger partial charge in [-0.1, -0.05) is 13.3 Å². The molecule has 0 amide bonds. The molecule has 0 aliphatic heterocycles. The Balaban J connectivity index is 4.82. The summed E-state index contributed by atoms with van der Waals surface area (Å²) in [5.74, 6) is -2.11. The predicted octanol–water partition coefficient (Wildman–Crippen LogP) is 1.83. The first-order chi connectivity index (χ1) is 6.47. The Morgan fingerprint density at radius 2 is 1.64 bits per heavy atom. The summed E-state index contributed by atoms with van der Waals surface area (Å²) in [6, 6.07) is 0. The van der Waals surface area contributed by atoms with Crippen molar-refractivity contribution in [2.24, 2.45) is 0 Å². The molecule has 0 heterocycles. The van der Waals surface area contributed by atoms with Gasteiger partial charge >= 0.3 is 11.9 Å². The zero-order valence-corrected chi connectivity index (χ0v) is 8.28. The molecule has 0 aromatic carbocycles. The number of carbonyl (C=O) groups is 2. The second kappa shape index (κ2) is 5.96. The predicted molar refractivity (Wildman–Crippen MR) is 52.0 cm³/mol. The second-order valence-electron chi connectivity index (χ2n) is 2.92. The summed E-state index contributed by atoms with van der Waals surface area (Å²) in [6.07, 6.45) is 3.43. The van der Waals surface area contributed by atoms with E-state index in [1.165, 1.54) is 0 Å². The summed E-state index contributed by atoms with van der Waals surface area (Å²) in [4.78, 5) is 20.8. The molecule has 14 heavy (non-hydrogen) atoms. The molecule has 0 saturated heterocycles. The summed E-state index contributed by atoms with van der Waals surface area (Å²) >= 11 is 0. The van der Waals surface area contributed by atoms with Gasteiger partial charge in [-0.25, -0.2) is 9.59 Å². The monoisotopic (exact) mass is 198 g/mol. The van der Waals surface area contributed by atoms with Crippen molar-refractivity contribution < 1.29 is 19.8 Å². The van der Waals surface area contributed by atoms with Crippen molar-refractivity contribution in [3.8, 4) is 0 Å². The maximum Gasteiger partial charge on any atom is 0.328 e. The van der Waals surface area contributed by atoms with Gasteiger partial charge in [0.2, 0.25) is 0 Å². The number of carboxylic acids is 2. The van der Waals surface area contributed by atoms with Crippen molar-refractivity contribution in [2.45, 2.75) is 26.7 Å². The fourth-order valence-corrected chi connectivity index (χ4v) is 1.08. The maximum atomic E-state index is 10.4. The summed E-state index contributed by atoms with van der Waals surface area (Å²) in [7, 11) is 0. The topological polar surface area (TPSA) is 74.6 Å². The third-order valence-corrected chi connectivity index (χ3v) is 1.66. The van der Waals surface area contributed by atoms with Crippen molar-refractivity contribution in [3.63, 3.8) is 0 Å². The molecule has 4 nitrogen and oxygen atoms in total. The van der Waals surface area contributed by atoms with E-state index in [0.29, 0.717) is 17.6 Å². The molecule has 0 aromatic heterocycles. The lowest BCUT2D eigenvalue weighted by Gasteiger charge is -2.04. The normalized spacial score (nSPS) is 12.7. The third kappa shape index (κ3) is 5.13. The Hall–Kier alpha value is -1.58. The molecule has 0 fully saturated rings. The van der Waals surface area contributed by atoms with Crippen LogP contribution in [0, 0.1) is 0 Å². The maximum absolute atomic E-state index is 10.4. The summed E-state index contributed by atoms with van der Waals surface area (Å²) in [5, 5.41) is 17.0. The Kier molecular flexibility index (Phi) is 5.29. The number of aliphatic carboxylic acids is 2. The van der Waals surface area contributed by atoms with Crippen LogP contribution in [0.5, 0.6) is 0 Å². The average molecular weight is 198 g/mol. The Labute approximate surface area is 82.6 Å². The van der Waals surface area contributed by atoms with Crippen LogP contribution in [0.2, 0.25) is 0 Å². The van der Waals surface area contributed by atoms with Crippen LogP contribution in [-0.2, 0) is 9.59 Å². The van der Waals surface area contributed by atoms with Gasteiger partial charge in [0.25, 0.3) is 0 Å². The van der Waals surface area contributed by atoms with Crippen LogP contribution in [0.1, 0.15) is 26.7 Å². The number of allylic oxidation sites excluding steroid dienone is 2. The minimum atomic E-state index is -1.06. The highest BCUT2D eigenvalue weighted by atomic mass is 16.4. The minimum absolute atomic E-state index is 0.488. The lowest BCUT2D eigenvalue weighted by atomic mass is 10.0. The fraction of sp³-hybridized carbons (Fsp3) is 0.400. The van der Waals surface area contributed by atoms with E-state index in [9.17, 15) is 9.59 Å². The van der Waals surface area contributed by atoms with Crippen LogP contribution in [0.25, 0.3) is 0 Å². The third-order valence-electron chi connectivity index (χ3n) is 1.66. The molecule has 2 N–H and O–H groups in total. The van der Waals surface area contributed by atoms with Crippen LogP contribution in [0.15, 0.2) is 23.3 Å². The summed E-state index contributed by atoms with van der Waals surface area (Å²) in [6.45, 7) is 3.50. The molecule has 0 unspecified atom stereocenters. The van der Waals surface area contributed by atoms with Gasteiger partial charge in [0, 0.05) is 12.2 Å². The van der Waals surface area contributed by atoms with E-state index < -0.39 is 11.9 Å². The largest absolute Gasteiger partial charge is 0.478 e. The number of carboxylic acid groups (broad SMARTS) is 2. The quantitative estimate of drug-likeness (QED) is 0.522. The molecule has 4 heteroatoms. The molecule has 0 rings (SSSR count). The number of rotatable bonds is 5. The molecule has 0 radical (unpaired) electrons. The van der Waals surface area contributed by atoms with E-state index in [0.717, 1.165) is 18.6 Å². The molecule has 0 aliphatic carbocycles. The average Bonchev–Trinajstić information content (AvgIpc) is 2.01. The van der Waals surface area contributed by atoms with E-state index >= 15 is 0 Å². The highest BCUT2D eigenvalue weighted by molar-refractivity contribution is 5.84. The molecule has 0 saturated carbocycles. The van der Waals surface area contributed by atoms with Gasteiger partial charge < -0.3 is 10.2 Å². The SMILES string of the molecule is CCCC(=CC(=O)O)C(C)=CC(=O)O. The molecule has 0 atom stereocenters. The Bertz CT molecular complexity index is 286. The number of hydrogen-bond acceptors (Lipinski definition) is 2. The molecule has 0 spiro atoms. The molecule has 0 aliphatic rings. The van der Waals surface area contributed by atoms with Crippen molar-refractivity contribution in [2.75, 3.05) is 0 Å². The van der Waals surface area contributed by atoms with Crippen LogP contribution < -0.4 is 0 Å². The first-order valence-corrected chi connectivity index (χ1v) is 4.32. The zero-order valence-electron chi connectivity index (χ0n) is 8.28. The van der Waals surface area contributed by atoms with E-state index in [1.54, 1.807) is 6.92 Å². The first-order valence-electron chi connectivity index (χ1n) is 4.32. The molecular formula is C10H14O4. The van der Waals surface area contributed by atoms with Gasteiger partial charge in [-0.3, -0.25) is 0 Å². The van der Waals surface area contributed by atoms with Crippen molar-refractivity contribution in [1.82, 2.24) is 0 Å². The molecule has 0 aromatic rings. The van der Waals surface area contributed by atoms with E-state index in [-0.39, 0.29) is 0 Å². The van der Waals surface area contributed by atoms with Gasteiger partial charge in [-0.2, -0.15) is 0 Å².